The van der Waals surface area contributed by atoms with Crippen LogP contribution in [-0.2, 0) is 11.8 Å². The van der Waals surface area contributed by atoms with Gasteiger partial charge in [0.05, 0.1) is 18.3 Å². The third kappa shape index (κ3) is 4.79. The van der Waals surface area contributed by atoms with Crippen molar-refractivity contribution in [3.05, 3.63) is 72.1 Å². The molecule has 4 aromatic rings. The average Bonchev–Trinajstić information content (AvgIpc) is 3.58. The molecule has 0 aliphatic carbocycles. The lowest BCUT2D eigenvalue weighted by atomic mass is 9.94. The van der Waals surface area contributed by atoms with Gasteiger partial charge in [0.25, 0.3) is 0 Å². The Morgan fingerprint density at radius 1 is 1.17 bits per heavy atom. The molecule has 2 unspecified atom stereocenters. The fourth-order valence-electron chi connectivity index (χ4n) is 4.70. The number of benzene rings is 1. The summed E-state index contributed by atoms with van der Waals surface area (Å²) in [7, 11) is 3.38. The number of amides is 2. The molecule has 4 heterocycles. The van der Waals surface area contributed by atoms with E-state index >= 15 is 0 Å². The second-order valence-corrected chi connectivity index (χ2v) is 8.84. The molecule has 0 bridgehead atoms. The summed E-state index contributed by atoms with van der Waals surface area (Å²) in [6.45, 7) is 2.34. The fourth-order valence-corrected chi connectivity index (χ4v) is 4.70. The van der Waals surface area contributed by atoms with Crippen molar-refractivity contribution in [1.29, 1.82) is 0 Å². The smallest absolute Gasteiger partial charge is 0.320 e. The van der Waals surface area contributed by atoms with Gasteiger partial charge in [-0.3, -0.25) is 19.3 Å². The number of nitrogens with zero attached hydrogens (tertiary/aromatic N) is 5. The number of carbonyl (C=O) groups excluding carboxylic acids is 1. The Morgan fingerprint density at radius 3 is 2.83 bits per heavy atom. The minimum Gasteiger partial charge on any atom is -0.383 e. The number of imidazole rings is 1. The molecule has 188 valence electrons. The number of likely N-dealkylation sites (tertiary alicyclic amines) is 1. The highest BCUT2D eigenvalue weighted by atomic mass is 19.2. The lowest BCUT2D eigenvalue weighted by Gasteiger charge is -2.20. The Morgan fingerprint density at radius 2 is 2.03 bits per heavy atom. The van der Waals surface area contributed by atoms with Crippen molar-refractivity contribution in [3.63, 3.8) is 0 Å². The van der Waals surface area contributed by atoms with Gasteiger partial charge < -0.3 is 10.1 Å². The second kappa shape index (κ2) is 10.0. The predicted molar refractivity (Wildman–Crippen MR) is 131 cm³/mol. The van der Waals surface area contributed by atoms with E-state index in [1.165, 1.54) is 6.07 Å². The molecule has 2 atom stereocenters. The first-order chi connectivity index (χ1) is 17.4. The maximum atomic E-state index is 13.9. The minimum atomic E-state index is -0.902. The first-order valence-corrected chi connectivity index (χ1v) is 11.6. The SMILES string of the molecule is COCCN1CC(NC(=O)Nc2cc(-c3cccc4nccn34)nn2C)C(c2ccc(F)c(F)c2)C1. The van der Waals surface area contributed by atoms with Crippen LogP contribution in [0.25, 0.3) is 17.0 Å². The van der Waals surface area contributed by atoms with Gasteiger partial charge >= 0.3 is 6.03 Å². The van der Waals surface area contributed by atoms with Gasteiger partial charge in [-0.15, -0.1) is 0 Å². The number of aryl methyl sites for hydroxylation is 1. The number of nitrogens with one attached hydrogen (secondary N) is 2. The summed E-state index contributed by atoms with van der Waals surface area (Å²) in [5, 5.41) is 10.4. The van der Waals surface area contributed by atoms with Gasteiger partial charge in [0.15, 0.2) is 11.6 Å². The number of methoxy groups -OCH3 is 1. The maximum absolute atomic E-state index is 13.9. The van der Waals surface area contributed by atoms with Crippen molar-refractivity contribution in [2.45, 2.75) is 12.0 Å². The maximum Gasteiger partial charge on any atom is 0.320 e. The molecule has 9 nitrogen and oxygen atoms in total. The molecule has 5 rings (SSSR count). The molecule has 1 aromatic carbocycles. The Kier molecular flexibility index (Phi) is 6.66. The van der Waals surface area contributed by atoms with Crippen molar-refractivity contribution in [3.8, 4) is 11.4 Å². The number of pyridine rings is 1. The summed E-state index contributed by atoms with van der Waals surface area (Å²) in [5.41, 5.74) is 2.96. The van der Waals surface area contributed by atoms with E-state index in [1.807, 2.05) is 28.8 Å². The Labute approximate surface area is 206 Å². The zero-order valence-corrected chi connectivity index (χ0v) is 20.0. The van der Waals surface area contributed by atoms with Gasteiger partial charge in [0.2, 0.25) is 0 Å². The van der Waals surface area contributed by atoms with Gasteiger partial charge in [-0.1, -0.05) is 12.1 Å². The molecule has 0 radical (unpaired) electrons. The summed E-state index contributed by atoms with van der Waals surface area (Å²) in [6, 6.07) is 10.7. The molecule has 1 aliphatic heterocycles. The van der Waals surface area contributed by atoms with E-state index < -0.39 is 17.7 Å². The third-order valence-corrected chi connectivity index (χ3v) is 6.51. The van der Waals surface area contributed by atoms with Crippen molar-refractivity contribution >= 4 is 17.5 Å². The van der Waals surface area contributed by atoms with E-state index in [0.29, 0.717) is 43.3 Å². The number of halogens is 2. The summed E-state index contributed by atoms with van der Waals surface area (Å²) >= 11 is 0. The van der Waals surface area contributed by atoms with E-state index in [4.69, 9.17) is 4.74 Å². The van der Waals surface area contributed by atoms with E-state index in [9.17, 15) is 13.6 Å². The largest absolute Gasteiger partial charge is 0.383 e. The zero-order valence-electron chi connectivity index (χ0n) is 20.0. The molecule has 1 fully saturated rings. The summed E-state index contributed by atoms with van der Waals surface area (Å²) < 4.78 is 36.2. The lowest BCUT2D eigenvalue weighted by molar-refractivity contribution is 0.159. The normalized spacial score (nSPS) is 18.1. The molecular weight excluding hydrogens is 468 g/mol. The number of hydrogen-bond donors (Lipinski definition) is 2. The lowest BCUT2D eigenvalue weighted by Crippen LogP contribution is -2.42. The van der Waals surface area contributed by atoms with Gasteiger partial charge in [0.1, 0.15) is 17.2 Å². The van der Waals surface area contributed by atoms with Gasteiger partial charge in [-0.05, 0) is 29.8 Å². The van der Waals surface area contributed by atoms with E-state index in [1.54, 1.807) is 37.2 Å². The monoisotopic (exact) mass is 495 g/mol. The van der Waals surface area contributed by atoms with Crippen LogP contribution in [0.15, 0.2) is 54.9 Å². The molecule has 1 saturated heterocycles. The number of anilines is 1. The Balaban J connectivity index is 1.32. The van der Waals surface area contributed by atoms with Crippen LogP contribution in [-0.4, -0.2) is 69.5 Å². The quantitative estimate of drug-likeness (QED) is 0.411. The molecule has 1 aliphatic rings. The van der Waals surface area contributed by atoms with Crippen LogP contribution in [0.1, 0.15) is 11.5 Å². The molecule has 2 N–H and O–H groups in total. The van der Waals surface area contributed by atoms with Crippen LogP contribution in [0.3, 0.4) is 0 Å². The molecule has 11 heteroatoms. The third-order valence-electron chi connectivity index (χ3n) is 6.51. The molecular formula is C25H27F2N7O2. The summed E-state index contributed by atoms with van der Waals surface area (Å²) in [5.74, 6) is -1.49. The first kappa shape index (κ1) is 23.9. The van der Waals surface area contributed by atoms with Crippen molar-refractivity contribution in [2.24, 2.45) is 7.05 Å². The molecule has 0 saturated carbocycles. The summed E-state index contributed by atoms with van der Waals surface area (Å²) in [6.07, 6.45) is 3.57. The number of aromatic nitrogens is 4. The predicted octanol–water partition coefficient (Wildman–Crippen LogP) is 3.25. The van der Waals surface area contributed by atoms with E-state index in [-0.39, 0.29) is 12.0 Å². The van der Waals surface area contributed by atoms with Gasteiger partial charge in [-0.2, -0.15) is 5.10 Å². The average molecular weight is 496 g/mol. The first-order valence-electron chi connectivity index (χ1n) is 11.6. The zero-order chi connectivity index (χ0) is 25.2. The van der Waals surface area contributed by atoms with Crippen LogP contribution >= 0.6 is 0 Å². The second-order valence-electron chi connectivity index (χ2n) is 8.84. The number of urea groups is 1. The molecule has 3 aromatic heterocycles. The van der Waals surface area contributed by atoms with Crippen LogP contribution < -0.4 is 10.6 Å². The van der Waals surface area contributed by atoms with Crippen molar-refractivity contribution in [1.82, 2.24) is 29.4 Å². The standard InChI is InChI=1S/C25H27F2N7O2/c1-32-24(13-20(31-32)22-4-3-5-23-28-8-9-34(22)23)30-25(35)29-21-15-33(10-11-36-2)14-17(21)16-6-7-18(26)19(27)12-16/h3-9,12-13,17,21H,10-11,14-15H2,1-2H3,(H2,29,30,35). The van der Waals surface area contributed by atoms with Crippen LogP contribution in [0.4, 0.5) is 19.4 Å². The molecule has 0 spiro atoms. The Bertz CT molecular complexity index is 1390. The molecule has 36 heavy (non-hydrogen) atoms. The topological polar surface area (TPSA) is 88.7 Å². The summed E-state index contributed by atoms with van der Waals surface area (Å²) in [4.78, 5) is 19.4. The highest BCUT2D eigenvalue weighted by Crippen LogP contribution is 2.29. The van der Waals surface area contributed by atoms with Crippen molar-refractivity contribution < 1.29 is 18.3 Å². The van der Waals surface area contributed by atoms with Gasteiger partial charge in [0, 0.05) is 58.2 Å². The minimum absolute atomic E-state index is 0.205. The highest BCUT2D eigenvalue weighted by Gasteiger charge is 2.35. The van der Waals surface area contributed by atoms with E-state index in [2.05, 4.69) is 25.6 Å². The van der Waals surface area contributed by atoms with Crippen molar-refractivity contribution in [2.75, 3.05) is 38.7 Å². The Hall–Kier alpha value is -3.83. The number of fused-ring (bicyclic) bond motifs is 1. The van der Waals surface area contributed by atoms with E-state index in [0.717, 1.165) is 17.4 Å². The number of ether oxygens (including phenoxy) is 1. The number of rotatable bonds is 7. The highest BCUT2D eigenvalue weighted by molar-refractivity contribution is 5.89. The van der Waals surface area contributed by atoms with Gasteiger partial charge in [-0.25, -0.2) is 18.6 Å². The molecule has 2 amide bonds. The van der Waals surface area contributed by atoms with Crippen LogP contribution in [0, 0.1) is 11.6 Å². The van der Waals surface area contributed by atoms with Crippen LogP contribution in [0.2, 0.25) is 0 Å². The number of carbonyl (C=O) groups is 1. The fraction of sp³-hybridized carbons (Fsp3) is 0.320. The number of hydrogen-bond acceptors (Lipinski definition) is 5. The van der Waals surface area contributed by atoms with Crippen LogP contribution in [0.5, 0.6) is 0 Å².